The molecule has 0 radical (unpaired) electrons. The minimum Gasteiger partial charge on any atom is -0.303 e. The molecule has 4 nitrogen and oxygen atoms in total. The van der Waals surface area contributed by atoms with E-state index in [4.69, 9.17) is 0 Å². The first-order valence-electron chi connectivity index (χ1n) is 8.89. The predicted molar refractivity (Wildman–Crippen MR) is 92.1 cm³/mol. The molecule has 0 spiro atoms. The average Bonchev–Trinajstić information content (AvgIpc) is 3.25. The third-order valence-electron chi connectivity index (χ3n) is 5.18. The monoisotopic (exact) mass is 310 g/mol. The fraction of sp³-hybridized carbons (Fsp3) is 0.526. The molecule has 3 heterocycles. The first kappa shape index (κ1) is 14.9. The smallest absolute Gasteiger partial charge is 0.0662 e. The molecule has 0 bridgehead atoms. The molecule has 1 saturated heterocycles. The second-order valence-corrected chi connectivity index (χ2v) is 6.91. The van der Waals surface area contributed by atoms with Gasteiger partial charge < -0.3 is 4.90 Å². The molecule has 1 aromatic heterocycles. The van der Waals surface area contributed by atoms with Gasteiger partial charge in [0.05, 0.1) is 11.7 Å². The molecule has 1 aromatic carbocycles. The number of fused-ring (bicyclic) bond motifs is 1. The van der Waals surface area contributed by atoms with E-state index < -0.39 is 0 Å². The molecule has 0 aliphatic carbocycles. The summed E-state index contributed by atoms with van der Waals surface area (Å²) < 4.78 is 2.28. The van der Waals surface area contributed by atoms with Crippen molar-refractivity contribution >= 4 is 0 Å². The van der Waals surface area contributed by atoms with Gasteiger partial charge in [-0.15, -0.1) is 0 Å². The van der Waals surface area contributed by atoms with Gasteiger partial charge in [-0.05, 0) is 44.0 Å². The lowest BCUT2D eigenvalue weighted by molar-refractivity contribution is 0.152. The van der Waals surface area contributed by atoms with Crippen molar-refractivity contribution in [3.05, 3.63) is 53.9 Å². The summed E-state index contributed by atoms with van der Waals surface area (Å²) in [5.74, 6) is 0. The molecule has 0 amide bonds. The molecule has 2 aliphatic heterocycles. The summed E-state index contributed by atoms with van der Waals surface area (Å²) in [5.41, 5.74) is 2.76. The van der Waals surface area contributed by atoms with Crippen LogP contribution in [0.15, 0.2) is 42.6 Å². The van der Waals surface area contributed by atoms with Gasteiger partial charge in [0.25, 0.3) is 0 Å². The summed E-state index contributed by atoms with van der Waals surface area (Å²) in [4.78, 5) is 5.18. The molecule has 4 rings (SSSR count). The second-order valence-electron chi connectivity index (χ2n) is 6.91. The van der Waals surface area contributed by atoms with Crippen LogP contribution in [-0.2, 0) is 13.1 Å². The van der Waals surface area contributed by atoms with E-state index in [1.807, 2.05) is 6.20 Å². The number of hydrogen-bond donors (Lipinski definition) is 0. The number of nitrogens with zero attached hydrogens (tertiary/aromatic N) is 4. The van der Waals surface area contributed by atoms with Gasteiger partial charge in [-0.2, -0.15) is 5.10 Å². The summed E-state index contributed by atoms with van der Waals surface area (Å²) in [6.45, 7) is 6.93. The van der Waals surface area contributed by atoms with Crippen LogP contribution < -0.4 is 0 Å². The average molecular weight is 310 g/mol. The summed E-state index contributed by atoms with van der Waals surface area (Å²) in [6.07, 6.45) is 5.92. The fourth-order valence-corrected chi connectivity index (χ4v) is 3.98. The lowest BCUT2D eigenvalue weighted by Gasteiger charge is -2.34. The lowest BCUT2D eigenvalue weighted by atomic mass is 10.1. The van der Waals surface area contributed by atoms with Crippen LogP contribution >= 0.6 is 0 Å². The van der Waals surface area contributed by atoms with Gasteiger partial charge in [0, 0.05) is 32.4 Å². The number of likely N-dealkylation sites (tertiary alicyclic amines) is 1. The van der Waals surface area contributed by atoms with Gasteiger partial charge >= 0.3 is 0 Å². The molecule has 1 fully saturated rings. The van der Waals surface area contributed by atoms with Gasteiger partial charge in [-0.3, -0.25) is 9.58 Å². The predicted octanol–water partition coefficient (Wildman–Crippen LogP) is 2.93. The SMILES string of the molecule is c1ccc(CN2Cc3ccnn3C(CCN3CCCC3)C2)cc1. The highest BCUT2D eigenvalue weighted by molar-refractivity contribution is 5.15. The van der Waals surface area contributed by atoms with E-state index >= 15 is 0 Å². The Morgan fingerprint density at radius 2 is 1.83 bits per heavy atom. The van der Waals surface area contributed by atoms with Gasteiger partial charge in [0.15, 0.2) is 0 Å². The first-order valence-corrected chi connectivity index (χ1v) is 8.89. The van der Waals surface area contributed by atoms with Crippen molar-refractivity contribution in [2.24, 2.45) is 0 Å². The van der Waals surface area contributed by atoms with Crippen LogP contribution in [0, 0.1) is 0 Å². The Labute approximate surface area is 138 Å². The van der Waals surface area contributed by atoms with Crippen LogP contribution in [0.5, 0.6) is 0 Å². The Morgan fingerprint density at radius 3 is 2.65 bits per heavy atom. The molecule has 1 atom stereocenters. The van der Waals surface area contributed by atoms with E-state index in [9.17, 15) is 0 Å². The summed E-state index contributed by atoms with van der Waals surface area (Å²) in [5, 5.41) is 4.60. The van der Waals surface area contributed by atoms with Gasteiger partial charge in [-0.25, -0.2) is 0 Å². The Balaban J connectivity index is 1.43. The van der Waals surface area contributed by atoms with E-state index in [1.54, 1.807) is 0 Å². The van der Waals surface area contributed by atoms with Gasteiger partial charge in [0.2, 0.25) is 0 Å². The molecule has 122 valence electrons. The van der Waals surface area contributed by atoms with Crippen LogP contribution in [0.3, 0.4) is 0 Å². The standard InChI is InChI=1S/C19H26N4/c1-2-6-17(7-3-1)14-22-15-18-8-10-20-23(18)19(16-22)9-13-21-11-4-5-12-21/h1-3,6-8,10,19H,4-5,9,11-16H2. The van der Waals surface area contributed by atoms with Crippen molar-refractivity contribution in [1.29, 1.82) is 0 Å². The lowest BCUT2D eigenvalue weighted by Crippen LogP contribution is -2.38. The third-order valence-corrected chi connectivity index (χ3v) is 5.18. The highest BCUT2D eigenvalue weighted by Gasteiger charge is 2.26. The maximum absolute atomic E-state index is 4.60. The van der Waals surface area contributed by atoms with E-state index in [0.29, 0.717) is 6.04 Å². The zero-order chi connectivity index (χ0) is 15.5. The molecular weight excluding hydrogens is 284 g/mol. The Hall–Kier alpha value is -1.65. The topological polar surface area (TPSA) is 24.3 Å². The van der Waals surface area contributed by atoms with E-state index in [-0.39, 0.29) is 0 Å². The van der Waals surface area contributed by atoms with Crippen molar-refractivity contribution in [3.63, 3.8) is 0 Å². The molecule has 23 heavy (non-hydrogen) atoms. The molecular formula is C19H26N4. The summed E-state index contributed by atoms with van der Waals surface area (Å²) in [7, 11) is 0. The van der Waals surface area contributed by atoms with Crippen LogP contribution in [0.2, 0.25) is 0 Å². The summed E-state index contributed by atoms with van der Waals surface area (Å²) in [6, 6.07) is 13.5. The highest BCUT2D eigenvalue weighted by atomic mass is 15.4. The maximum atomic E-state index is 4.60. The second kappa shape index (κ2) is 6.85. The molecule has 2 aromatic rings. The van der Waals surface area contributed by atoms with Crippen molar-refractivity contribution in [1.82, 2.24) is 19.6 Å². The van der Waals surface area contributed by atoms with Gasteiger partial charge in [-0.1, -0.05) is 30.3 Å². The highest BCUT2D eigenvalue weighted by Crippen LogP contribution is 2.25. The molecule has 0 saturated carbocycles. The van der Waals surface area contributed by atoms with Gasteiger partial charge in [0.1, 0.15) is 0 Å². The minimum atomic E-state index is 0.512. The zero-order valence-corrected chi connectivity index (χ0v) is 13.8. The molecule has 1 unspecified atom stereocenters. The normalized spacial score (nSPS) is 22.3. The van der Waals surface area contributed by atoms with Crippen molar-refractivity contribution in [3.8, 4) is 0 Å². The van der Waals surface area contributed by atoms with Crippen molar-refractivity contribution in [2.75, 3.05) is 26.2 Å². The first-order chi connectivity index (χ1) is 11.4. The fourth-order valence-electron chi connectivity index (χ4n) is 3.98. The number of aromatic nitrogens is 2. The Kier molecular flexibility index (Phi) is 4.44. The Morgan fingerprint density at radius 1 is 1.00 bits per heavy atom. The minimum absolute atomic E-state index is 0.512. The maximum Gasteiger partial charge on any atom is 0.0662 e. The largest absolute Gasteiger partial charge is 0.303 e. The number of rotatable bonds is 5. The van der Waals surface area contributed by atoms with E-state index in [0.717, 1.165) is 19.6 Å². The van der Waals surface area contributed by atoms with E-state index in [2.05, 4.69) is 56.0 Å². The third kappa shape index (κ3) is 3.48. The van der Waals surface area contributed by atoms with Crippen LogP contribution in [0.25, 0.3) is 0 Å². The zero-order valence-electron chi connectivity index (χ0n) is 13.8. The van der Waals surface area contributed by atoms with Crippen molar-refractivity contribution in [2.45, 2.75) is 38.4 Å². The molecule has 0 N–H and O–H groups in total. The number of benzene rings is 1. The Bertz CT molecular complexity index is 615. The number of hydrogen-bond acceptors (Lipinski definition) is 3. The molecule has 4 heteroatoms. The van der Waals surface area contributed by atoms with Crippen LogP contribution in [0.1, 0.15) is 36.6 Å². The van der Waals surface area contributed by atoms with Crippen molar-refractivity contribution < 1.29 is 0 Å². The summed E-state index contributed by atoms with van der Waals surface area (Å²) >= 11 is 0. The molecule has 2 aliphatic rings. The quantitative estimate of drug-likeness (QED) is 0.848. The van der Waals surface area contributed by atoms with Crippen LogP contribution in [0.4, 0.5) is 0 Å². The van der Waals surface area contributed by atoms with Crippen LogP contribution in [-0.4, -0.2) is 45.8 Å². The van der Waals surface area contributed by atoms with E-state index in [1.165, 1.54) is 50.2 Å².